The van der Waals surface area contributed by atoms with Gasteiger partial charge in [-0.25, -0.2) is 9.29 Å². The first-order valence-electron chi connectivity index (χ1n) is 9.32. The van der Waals surface area contributed by atoms with Crippen LogP contribution in [0.4, 0.5) is 38.9 Å². The van der Waals surface area contributed by atoms with Crippen molar-refractivity contribution in [1.82, 2.24) is 9.97 Å². The molecule has 0 fully saturated rings. The van der Waals surface area contributed by atoms with Gasteiger partial charge in [-0.1, -0.05) is 12.1 Å². The highest BCUT2D eigenvalue weighted by molar-refractivity contribution is 7.95. The van der Waals surface area contributed by atoms with Gasteiger partial charge >= 0.3 is 15.9 Å². The highest BCUT2D eigenvalue weighted by Gasteiger charge is 2.41. The van der Waals surface area contributed by atoms with E-state index in [2.05, 4.69) is 15.3 Å². The number of para-hydroxylation sites is 2. The van der Waals surface area contributed by atoms with Crippen LogP contribution < -0.4 is 18.7 Å². The summed E-state index contributed by atoms with van der Waals surface area (Å²) in [5, 5.41) is 13.8. The van der Waals surface area contributed by atoms with Crippen LogP contribution in [0.5, 0.6) is 5.75 Å². The topological polar surface area (TPSA) is 131 Å². The number of nitrogens with zero attached hydrogens (tertiary/aromatic N) is 5. The highest BCUT2D eigenvalue weighted by atomic mass is 32.2. The number of nitrogens with one attached hydrogen (secondary N) is 1. The van der Waals surface area contributed by atoms with E-state index >= 15 is 0 Å². The molecule has 11 nitrogen and oxygen atoms in total. The van der Waals surface area contributed by atoms with Crippen LogP contribution in [0.2, 0.25) is 0 Å². The molecule has 1 aliphatic rings. The maximum absolute atomic E-state index is 13.9. The molecule has 2 heterocycles. The summed E-state index contributed by atoms with van der Waals surface area (Å²) in [4.78, 5) is 18.5. The van der Waals surface area contributed by atoms with E-state index in [9.17, 15) is 22.9 Å². The molecular formula is C19H17FN6O5S. The van der Waals surface area contributed by atoms with E-state index < -0.39 is 26.6 Å². The van der Waals surface area contributed by atoms with Crippen LogP contribution in [0.1, 0.15) is 6.92 Å². The number of methoxy groups -OCH3 is 1. The third kappa shape index (κ3) is 3.41. The van der Waals surface area contributed by atoms with Gasteiger partial charge in [0.25, 0.3) is 0 Å². The van der Waals surface area contributed by atoms with Crippen molar-refractivity contribution >= 4 is 44.7 Å². The number of aromatic nitrogens is 2. The molecule has 32 heavy (non-hydrogen) atoms. The largest absolute Gasteiger partial charge is 0.494 e. The van der Waals surface area contributed by atoms with Gasteiger partial charge in [-0.15, -0.1) is 0 Å². The molecule has 0 amide bonds. The Hall–Kier alpha value is -4.00. The van der Waals surface area contributed by atoms with Crippen molar-refractivity contribution in [3.8, 4) is 5.75 Å². The Labute approximate surface area is 182 Å². The van der Waals surface area contributed by atoms with Gasteiger partial charge in [0, 0.05) is 30.9 Å². The molecule has 0 radical (unpaired) electrons. The first-order chi connectivity index (χ1) is 15.3. The molecule has 0 aliphatic carbocycles. The lowest BCUT2D eigenvalue weighted by Gasteiger charge is -2.20. The maximum Gasteiger partial charge on any atom is 0.332 e. The van der Waals surface area contributed by atoms with Crippen molar-refractivity contribution in [2.24, 2.45) is 0 Å². The Bertz CT molecular complexity index is 1320. The molecule has 0 unspecified atom stereocenters. The lowest BCUT2D eigenvalue weighted by Crippen LogP contribution is -2.35. The van der Waals surface area contributed by atoms with Gasteiger partial charge in [-0.3, -0.25) is 14.4 Å². The molecular weight excluding hydrogens is 443 g/mol. The predicted octanol–water partition coefficient (Wildman–Crippen LogP) is 3.50. The smallest absolute Gasteiger partial charge is 0.332 e. The monoisotopic (exact) mass is 460 g/mol. The Morgan fingerprint density at radius 2 is 1.94 bits per heavy atom. The molecule has 0 saturated carbocycles. The number of ether oxygens (including phenoxy) is 1. The minimum absolute atomic E-state index is 0.0154. The zero-order valence-electron chi connectivity index (χ0n) is 16.9. The Balaban J connectivity index is 1.76. The number of anilines is 5. The zero-order chi connectivity index (χ0) is 23.0. The van der Waals surface area contributed by atoms with Crippen LogP contribution in [0.25, 0.3) is 0 Å². The Morgan fingerprint density at radius 1 is 1.22 bits per heavy atom. The average molecular weight is 460 g/mol. The Morgan fingerprint density at radius 3 is 2.59 bits per heavy atom. The highest BCUT2D eigenvalue weighted by Crippen LogP contribution is 2.44. The lowest BCUT2D eigenvalue weighted by atomic mass is 10.2. The second kappa shape index (κ2) is 7.92. The quantitative estimate of drug-likeness (QED) is 0.437. The minimum atomic E-state index is -3.93. The van der Waals surface area contributed by atoms with E-state index in [0.29, 0.717) is 11.4 Å². The van der Waals surface area contributed by atoms with Gasteiger partial charge in [0.2, 0.25) is 11.8 Å². The summed E-state index contributed by atoms with van der Waals surface area (Å²) in [5.74, 6) is -1.09. The fourth-order valence-corrected chi connectivity index (χ4v) is 5.03. The number of rotatable bonds is 6. The number of hydrogen-bond acceptors (Lipinski definition) is 8. The maximum atomic E-state index is 13.9. The van der Waals surface area contributed by atoms with Crippen molar-refractivity contribution < 1.29 is 22.5 Å². The molecule has 0 atom stereocenters. The number of benzene rings is 2. The van der Waals surface area contributed by atoms with E-state index in [1.165, 1.54) is 23.7 Å². The zero-order valence-corrected chi connectivity index (χ0v) is 17.7. The molecule has 0 spiro atoms. The number of nitro groups is 1. The lowest BCUT2D eigenvalue weighted by molar-refractivity contribution is -0.387. The summed E-state index contributed by atoms with van der Waals surface area (Å²) < 4.78 is 47.6. The predicted molar refractivity (Wildman–Crippen MR) is 115 cm³/mol. The summed E-state index contributed by atoms with van der Waals surface area (Å²) in [6.07, 6.45) is 1.34. The third-order valence-electron chi connectivity index (χ3n) is 4.73. The van der Waals surface area contributed by atoms with Gasteiger partial charge in [-0.2, -0.15) is 17.8 Å². The van der Waals surface area contributed by atoms with Crippen LogP contribution in [0.3, 0.4) is 0 Å². The van der Waals surface area contributed by atoms with Gasteiger partial charge in [0.1, 0.15) is 5.75 Å². The molecule has 1 N–H and O–H groups in total. The van der Waals surface area contributed by atoms with Crippen LogP contribution in [0, 0.1) is 15.9 Å². The van der Waals surface area contributed by atoms with Gasteiger partial charge in [0.15, 0.2) is 5.82 Å². The summed E-state index contributed by atoms with van der Waals surface area (Å²) in [5.41, 5.74) is 0.213. The van der Waals surface area contributed by atoms with E-state index in [4.69, 9.17) is 4.74 Å². The normalized spacial score (nSPS) is 14.2. The number of hydrogen-bond donors (Lipinski definition) is 1. The SMILES string of the molecule is CCN1c2ccccc2N(c2ccnc(Nc3cc([N+](=O)[O-])c(F)cc3OC)n2)S1(=O)=O. The molecule has 2 aromatic carbocycles. The first kappa shape index (κ1) is 21.2. The second-order valence-electron chi connectivity index (χ2n) is 6.55. The van der Waals surface area contributed by atoms with Crippen molar-refractivity contribution in [2.75, 3.05) is 27.6 Å². The summed E-state index contributed by atoms with van der Waals surface area (Å²) >= 11 is 0. The van der Waals surface area contributed by atoms with Crippen LogP contribution in [-0.4, -0.2) is 37.0 Å². The van der Waals surface area contributed by atoms with E-state index in [-0.39, 0.29) is 29.7 Å². The molecule has 4 rings (SSSR count). The average Bonchev–Trinajstić information content (AvgIpc) is 2.99. The second-order valence-corrected chi connectivity index (χ2v) is 8.25. The summed E-state index contributed by atoms with van der Waals surface area (Å²) in [6.45, 7) is 1.95. The first-order valence-corrected chi connectivity index (χ1v) is 10.7. The molecule has 0 bridgehead atoms. The van der Waals surface area contributed by atoms with Gasteiger partial charge in [-0.05, 0) is 19.1 Å². The van der Waals surface area contributed by atoms with E-state index in [0.717, 1.165) is 16.4 Å². The van der Waals surface area contributed by atoms with Crippen LogP contribution in [0.15, 0.2) is 48.7 Å². The van der Waals surface area contributed by atoms with Gasteiger partial charge in [0.05, 0.1) is 29.1 Å². The fraction of sp³-hybridized carbons (Fsp3) is 0.158. The fourth-order valence-electron chi connectivity index (χ4n) is 3.36. The standard InChI is InChI=1S/C19H17FN6O5S/c1-3-24-14-6-4-5-7-15(14)25(32(24,29)30)18-8-9-21-19(23-18)22-13-11-16(26(27)28)12(20)10-17(13)31-2/h4-11H,3H2,1-2H3,(H,21,22,23). The Kier molecular flexibility index (Phi) is 5.26. The number of nitro benzene ring substituents is 1. The van der Waals surface area contributed by atoms with Crippen LogP contribution >= 0.6 is 0 Å². The van der Waals surface area contributed by atoms with Gasteiger partial charge < -0.3 is 10.1 Å². The number of halogens is 1. The number of fused-ring (bicyclic) bond motifs is 1. The molecule has 166 valence electrons. The molecule has 3 aromatic rings. The van der Waals surface area contributed by atoms with Crippen molar-refractivity contribution in [2.45, 2.75) is 6.92 Å². The van der Waals surface area contributed by atoms with Crippen LogP contribution in [-0.2, 0) is 10.2 Å². The third-order valence-corrected chi connectivity index (χ3v) is 6.58. The summed E-state index contributed by atoms with van der Waals surface area (Å²) in [7, 11) is -2.66. The van der Waals surface area contributed by atoms with E-state index in [1.54, 1.807) is 31.2 Å². The molecule has 1 aliphatic heterocycles. The van der Waals surface area contributed by atoms with Crippen molar-refractivity contribution in [3.63, 3.8) is 0 Å². The molecule has 0 saturated heterocycles. The summed E-state index contributed by atoms with van der Waals surface area (Å²) in [6, 6.07) is 10.0. The minimum Gasteiger partial charge on any atom is -0.494 e. The molecule has 13 heteroatoms. The van der Waals surface area contributed by atoms with Crippen molar-refractivity contribution in [3.05, 3.63) is 64.6 Å². The molecule has 1 aromatic heterocycles. The van der Waals surface area contributed by atoms with Crippen molar-refractivity contribution in [1.29, 1.82) is 0 Å². The van der Waals surface area contributed by atoms with E-state index in [1.807, 2.05) is 0 Å².